The summed E-state index contributed by atoms with van der Waals surface area (Å²) in [5.41, 5.74) is -1.10. The number of aromatic amines is 1. The maximum atomic E-state index is 12.6. The number of aromatic nitrogens is 2. The topological polar surface area (TPSA) is 95.1 Å². The number of carbonyl (C=O) groups is 2. The van der Waals surface area contributed by atoms with Crippen molar-refractivity contribution in [1.29, 1.82) is 0 Å². The van der Waals surface area contributed by atoms with Crippen LogP contribution in [0.15, 0.2) is 12.3 Å². The molecule has 0 radical (unpaired) electrons. The molecule has 0 aromatic carbocycles. The number of alkyl halides is 3. The zero-order valence-electron chi connectivity index (χ0n) is 11.1. The van der Waals surface area contributed by atoms with Gasteiger partial charge in [0.2, 0.25) is 0 Å². The SMILES string of the molecule is Cc1sc(C(=O)O)cc1C(=O)NCc1cn[nH]c1C(F)(F)F. The first-order valence-corrected chi connectivity index (χ1v) is 6.73. The number of nitrogens with one attached hydrogen (secondary N) is 2. The largest absolute Gasteiger partial charge is 0.477 e. The molecule has 22 heavy (non-hydrogen) atoms. The third-order valence-corrected chi connectivity index (χ3v) is 3.85. The van der Waals surface area contributed by atoms with E-state index in [0.717, 1.165) is 17.5 Å². The van der Waals surface area contributed by atoms with Gasteiger partial charge in [-0.1, -0.05) is 0 Å². The highest BCUT2D eigenvalue weighted by atomic mass is 32.1. The fourth-order valence-corrected chi connectivity index (χ4v) is 2.63. The molecule has 0 aliphatic heterocycles. The minimum Gasteiger partial charge on any atom is -0.477 e. The molecule has 0 saturated carbocycles. The summed E-state index contributed by atoms with van der Waals surface area (Å²) in [6.07, 6.45) is -3.61. The molecular formula is C12H10F3N3O3S. The van der Waals surface area contributed by atoms with Crippen LogP contribution in [0.5, 0.6) is 0 Å². The van der Waals surface area contributed by atoms with Gasteiger partial charge < -0.3 is 10.4 Å². The normalized spacial score (nSPS) is 11.5. The van der Waals surface area contributed by atoms with Crippen molar-refractivity contribution >= 4 is 23.2 Å². The number of aryl methyl sites for hydroxylation is 1. The molecule has 6 nitrogen and oxygen atoms in total. The van der Waals surface area contributed by atoms with Crippen molar-refractivity contribution < 1.29 is 27.9 Å². The Morgan fingerprint density at radius 2 is 2.14 bits per heavy atom. The molecule has 0 aliphatic rings. The fourth-order valence-electron chi connectivity index (χ4n) is 1.77. The molecule has 2 aromatic rings. The summed E-state index contributed by atoms with van der Waals surface area (Å²) in [6, 6.07) is 1.19. The first-order chi connectivity index (χ1) is 10.2. The molecule has 3 N–H and O–H groups in total. The van der Waals surface area contributed by atoms with Crippen molar-refractivity contribution in [2.24, 2.45) is 0 Å². The van der Waals surface area contributed by atoms with Crippen molar-refractivity contribution in [2.75, 3.05) is 0 Å². The Bertz CT molecular complexity index is 721. The van der Waals surface area contributed by atoms with E-state index in [1.807, 2.05) is 5.10 Å². The van der Waals surface area contributed by atoms with E-state index in [0.29, 0.717) is 4.88 Å². The second-order valence-electron chi connectivity index (χ2n) is 4.34. The monoisotopic (exact) mass is 333 g/mol. The number of thiophene rings is 1. The summed E-state index contributed by atoms with van der Waals surface area (Å²) in [6.45, 7) is 1.19. The lowest BCUT2D eigenvalue weighted by Gasteiger charge is -2.08. The van der Waals surface area contributed by atoms with Crippen LogP contribution in [0.1, 0.15) is 36.2 Å². The minimum atomic E-state index is -4.59. The van der Waals surface area contributed by atoms with Gasteiger partial charge >= 0.3 is 12.1 Å². The summed E-state index contributed by atoms with van der Waals surface area (Å²) in [4.78, 5) is 23.2. The Balaban J connectivity index is 2.11. The number of nitrogens with zero attached hydrogens (tertiary/aromatic N) is 1. The predicted molar refractivity (Wildman–Crippen MR) is 70.8 cm³/mol. The molecule has 118 valence electrons. The van der Waals surface area contributed by atoms with Crippen LogP contribution in [0.3, 0.4) is 0 Å². The number of amides is 1. The van der Waals surface area contributed by atoms with E-state index in [4.69, 9.17) is 5.11 Å². The van der Waals surface area contributed by atoms with Gasteiger partial charge in [-0.2, -0.15) is 18.3 Å². The summed E-state index contributed by atoms with van der Waals surface area (Å²) >= 11 is 0.923. The molecule has 2 rings (SSSR count). The number of H-pyrrole nitrogens is 1. The van der Waals surface area contributed by atoms with Crippen LogP contribution in [0.4, 0.5) is 13.2 Å². The number of carboxylic acid groups (broad SMARTS) is 1. The van der Waals surface area contributed by atoms with E-state index in [1.54, 1.807) is 6.92 Å². The molecule has 0 bridgehead atoms. The van der Waals surface area contributed by atoms with Gasteiger partial charge in [-0.3, -0.25) is 9.89 Å². The molecule has 2 heterocycles. The molecule has 0 fully saturated rings. The predicted octanol–water partition coefficient (Wildman–Crippen LogP) is 2.43. The van der Waals surface area contributed by atoms with Gasteiger partial charge in [0.05, 0.1) is 11.8 Å². The van der Waals surface area contributed by atoms with Crippen molar-refractivity contribution in [3.63, 3.8) is 0 Å². The average Bonchev–Trinajstić information content (AvgIpc) is 3.01. The van der Waals surface area contributed by atoms with Gasteiger partial charge in [0.25, 0.3) is 5.91 Å². The first kappa shape index (κ1) is 16.0. The number of hydrogen-bond acceptors (Lipinski definition) is 4. The van der Waals surface area contributed by atoms with Crippen molar-refractivity contribution in [1.82, 2.24) is 15.5 Å². The van der Waals surface area contributed by atoms with Crippen LogP contribution in [0, 0.1) is 6.92 Å². The van der Waals surface area contributed by atoms with Crippen molar-refractivity contribution in [3.8, 4) is 0 Å². The van der Waals surface area contributed by atoms with Crippen LogP contribution in [-0.4, -0.2) is 27.2 Å². The maximum absolute atomic E-state index is 12.6. The number of hydrogen-bond donors (Lipinski definition) is 3. The highest BCUT2D eigenvalue weighted by Gasteiger charge is 2.35. The summed E-state index contributed by atoms with van der Waals surface area (Å²) in [7, 11) is 0. The van der Waals surface area contributed by atoms with E-state index in [9.17, 15) is 22.8 Å². The standard InChI is InChI=1S/C12H10F3N3O3S/c1-5-7(2-8(22-5)11(20)21)10(19)16-3-6-4-17-18-9(6)12(13,14)15/h2,4H,3H2,1H3,(H,16,19)(H,17,18)(H,20,21). The third kappa shape index (κ3) is 3.27. The van der Waals surface area contributed by atoms with E-state index >= 15 is 0 Å². The number of rotatable bonds is 4. The second-order valence-corrected chi connectivity index (χ2v) is 5.59. The lowest BCUT2D eigenvalue weighted by atomic mass is 10.2. The molecular weight excluding hydrogens is 323 g/mol. The second kappa shape index (κ2) is 5.79. The quantitative estimate of drug-likeness (QED) is 0.801. The molecule has 10 heteroatoms. The first-order valence-electron chi connectivity index (χ1n) is 5.91. The average molecular weight is 333 g/mol. The Hall–Kier alpha value is -2.36. The lowest BCUT2D eigenvalue weighted by molar-refractivity contribution is -0.141. The van der Waals surface area contributed by atoms with Gasteiger partial charge in [0, 0.05) is 17.0 Å². The van der Waals surface area contributed by atoms with Crippen LogP contribution >= 0.6 is 11.3 Å². The highest BCUT2D eigenvalue weighted by molar-refractivity contribution is 7.14. The van der Waals surface area contributed by atoms with Gasteiger partial charge in [-0.15, -0.1) is 11.3 Å². The van der Waals surface area contributed by atoms with Crippen LogP contribution in [0.2, 0.25) is 0 Å². The van der Waals surface area contributed by atoms with Gasteiger partial charge in [-0.05, 0) is 13.0 Å². The smallest absolute Gasteiger partial charge is 0.433 e. The number of carbonyl (C=O) groups excluding carboxylic acids is 1. The Morgan fingerprint density at radius 3 is 2.68 bits per heavy atom. The van der Waals surface area contributed by atoms with Gasteiger partial charge in [0.15, 0.2) is 0 Å². The van der Waals surface area contributed by atoms with E-state index in [1.165, 1.54) is 6.07 Å². The molecule has 1 amide bonds. The lowest BCUT2D eigenvalue weighted by Crippen LogP contribution is -2.24. The van der Waals surface area contributed by atoms with Crippen LogP contribution in [0.25, 0.3) is 0 Å². The summed E-state index contributed by atoms with van der Waals surface area (Å²) < 4.78 is 37.9. The van der Waals surface area contributed by atoms with Crippen molar-refractivity contribution in [2.45, 2.75) is 19.6 Å². The summed E-state index contributed by atoms with van der Waals surface area (Å²) in [5, 5.41) is 16.3. The fraction of sp³-hybridized carbons (Fsp3) is 0.250. The zero-order chi connectivity index (χ0) is 16.5. The van der Waals surface area contributed by atoms with E-state index < -0.39 is 23.7 Å². The summed E-state index contributed by atoms with van der Waals surface area (Å²) in [5.74, 6) is -1.81. The number of carboxylic acids is 1. The Labute approximate surface area is 126 Å². The zero-order valence-corrected chi connectivity index (χ0v) is 11.9. The van der Waals surface area contributed by atoms with E-state index in [2.05, 4.69) is 10.4 Å². The van der Waals surface area contributed by atoms with Gasteiger partial charge in [-0.25, -0.2) is 4.79 Å². The third-order valence-electron chi connectivity index (χ3n) is 2.81. The Morgan fingerprint density at radius 1 is 1.45 bits per heavy atom. The van der Waals surface area contributed by atoms with Crippen LogP contribution < -0.4 is 5.32 Å². The molecule has 0 saturated heterocycles. The molecule has 0 unspecified atom stereocenters. The Kier molecular flexibility index (Phi) is 4.22. The molecule has 0 atom stereocenters. The number of halogens is 3. The number of aromatic carboxylic acids is 1. The molecule has 2 aromatic heterocycles. The maximum Gasteiger partial charge on any atom is 0.433 e. The molecule has 0 spiro atoms. The highest BCUT2D eigenvalue weighted by Crippen LogP contribution is 2.30. The van der Waals surface area contributed by atoms with Crippen LogP contribution in [-0.2, 0) is 12.7 Å². The molecule has 0 aliphatic carbocycles. The minimum absolute atomic E-state index is 0.0121. The van der Waals surface area contributed by atoms with Crippen molar-refractivity contribution in [3.05, 3.63) is 38.8 Å². The van der Waals surface area contributed by atoms with E-state index in [-0.39, 0.29) is 22.5 Å². The van der Waals surface area contributed by atoms with Gasteiger partial charge in [0.1, 0.15) is 10.6 Å².